The predicted octanol–water partition coefficient (Wildman–Crippen LogP) is 3.93. The molecule has 0 aliphatic heterocycles. The van der Waals surface area contributed by atoms with Crippen LogP contribution < -0.4 is 10.9 Å². The summed E-state index contributed by atoms with van der Waals surface area (Å²) in [7, 11) is 0. The molecule has 1 amide bonds. The van der Waals surface area contributed by atoms with Gasteiger partial charge in [0.25, 0.3) is 11.5 Å². The molecule has 0 aliphatic rings. The number of pyridine rings is 1. The number of amides is 1. The van der Waals surface area contributed by atoms with Crippen molar-refractivity contribution in [1.82, 2.24) is 15.0 Å². The molecule has 0 fully saturated rings. The lowest BCUT2D eigenvalue weighted by atomic mass is 10.0. The van der Waals surface area contributed by atoms with Crippen LogP contribution in [0.2, 0.25) is 0 Å². The molecule has 0 saturated carbocycles. The Kier molecular flexibility index (Phi) is 3.89. The van der Waals surface area contributed by atoms with E-state index >= 15 is 0 Å². The molecule has 4 aromatic rings. The minimum atomic E-state index is -2.57. The summed E-state index contributed by atoms with van der Waals surface area (Å²) < 4.78 is 28.2. The molecule has 1 atom stereocenters. The van der Waals surface area contributed by atoms with Gasteiger partial charge in [0.2, 0.25) is 0 Å². The molecule has 0 radical (unpaired) electrons. The third-order valence-electron chi connectivity index (χ3n) is 5.15. The van der Waals surface area contributed by atoms with Gasteiger partial charge in [-0.15, -0.1) is 0 Å². The lowest BCUT2D eigenvalue weighted by molar-refractivity contribution is 0.0963. The molecule has 146 valence electrons. The van der Waals surface area contributed by atoms with Crippen molar-refractivity contribution in [3.8, 4) is 11.1 Å². The van der Waals surface area contributed by atoms with Gasteiger partial charge in [-0.2, -0.15) is 0 Å². The zero-order valence-electron chi connectivity index (χ0n) is 19.0. The van der Waals surface area contributed by atoms with Crippen molar-refractivity contribution in [1.29, 1.82) is 0 Å². The molecule has 29 heavy (non-hydrogen) atoms. The predicted molar refractivity (Wildman–Crippen MR) is 112 cm³/mol. The number of nitrogens with zero attached hydrogens (tertiary/aromatic N) is 2. The zero-order chi connectivity index (χ0) is 23.0. The van der Waals surface area contributed by atoms with Crippen LogP contribution in [0.1, 0.15) is 38.7 Å². The van der Waals surface area contributed by atoms with Gasteiger partial charge in [-0.25, -0.2) is 0 Å². The van der Waals surface area contributed by atoms with Gasteiger partial charge >= 0.3 is 0 Å². The third-order valence-corrected chi connectivity index (χ3v) is 5.15. The summed E-state index contributed by atoms with van der Waals surface area (Å²) in [4.78, 5) is 25.4. The number of aryl methyl sites for hydroxylation is 1. The van der Waals surface area contributed by atoms with Crippen LogP contribution in [0.25, 0.3) is 21.9 Å². The lowest BCUT2D eigenvalue weighted by Gasteiger charge is -2.17. The minimum absolute atomic E-state index is 0.166. The SMILES string of the molecule is [2H]C([2H])([2H])NC(=O)c1cccc(C(C)n2ccc3cc(-c4conc4C)ccc3c2=O)c1. The standard InChI is InChI=1S/C23H21N3O3/c1-14-21(13-29-25-14)17-7-8-20-18(12-17)9-10-26(23(20)28)15(2)16-5-4-6-19(11-16)22(27)24-3/h4-13,15H,1-3H3,(H,24,27)/i3D3. The fraction of sp³-hybridized carbons (Fsp3) is 0.174. The Morgan fingerprint density at radius 2 is 2.10 bits per heavy atom. The fourth-order valence-corrected chi connectivity index (χ4v) is 3.48. The van der Waals surface area contributed by atoms with Crippen LogP contribution in [-0.2, 0) is 0 Å². The summed E-state index contributed by atoms with van der Waals surface area (Å²) in [5.74, 6) is -0.693. The van der Waals surface area contributed by atoms with Gasteiger partial charge in [0, 0.05) is 33.8 Å². The molecule has 1 N–H and O–H groups in total. The third kappa shape index (κ3) is 3.33. The topological polar surface area (TPSA) is 77.1 Å². The average molecular weight is 390 g/mol. The second-order valence-electron chi connectivity index (χ2n) is 6.90. The van der Waals surface area contributed by atoms with Gasteiger partial charge in [-0.3, -0.25) is 9.59 Å². The van der Waals surface area contributed by atoms with E-state index < -0.39 is 12.9 Å². The van der Waals surface area contributed by atoms with Crippen LogP contribution in [0, 0.1) is 6.92 Å². The molecule has 0 aliphatic carbocycles. The summed E-state index contributed by atoms with van der Waals surface area (Å²) >= 11 is 0. The molecule has 6 heteroatoms. The van der Waals surface area contributed by atoms with Gasteiger partial charge in [0.05, 0.1) is 11.7 Å². The van der Waals surface area contributed by atoms with Gasteiger partial charge in [-0.05, 0) is 60.7 Å². The molecular formula is C23H21N3O3. The molecule has 0 spiro atoms. The van der Waals surface area contributed by atoms with Crippen molar-refractivity contribution in [2.45, 2.75) is 19.9 Å². The molecular weight excluding hydrogens is 366 g/mol. The fourth-order valence-electron chi connectivity index (χ4n) is 3.48. The summed E-state index contributed by atoms with van der Waals surface area (Å²) in [6.45, 7) is 1.13. The first-order chi connectivity index (χ1) is 15.1. The highest BCUT2D eigenvalue weighted by Gasteiger charge is 2.14. The Labute approximate surface area is 172 Å². The first kappa shape index (κ1) is 15.3. The first-order valence-electron chi connectivity index (χ1n) is 10.6. The normalized spacial score (nSPS) is 14.1. The van der Waals surface area contributed by atoms with Crippen LogP contribution in [0.4, 0.5) is 0 Å². The summed E-state index contributed by atoms with van der Waals surface area (Å²) in [6, 6.07) is 13.7. The van der Waals surface area contributed by atoms with Crippen LogP contribution >= 0.6 is 0 Å². The molecule has 2 aromatic carbocycles. The number of benzene rings is 2. The maximum Gasteiger partial charge on any atom is 0.258 e. The van der Waals surface area contributed by atoms with E-state index in [4.69, 9.17) is 8.64 Å². The lowest BCUT2D eigenvalue weighted by Crippen LogP contribution is -2.24. The average Bonchev–Trinajstić information content (AvgIpc) is 3.18. The molecule has 0 bridgehead atoms. The molecule has 2 heterocycles. The quantitative estimate of drug-likeness (QED) is 0.573. The molecule has 0 saturated heterocycles. The van der Waals surface area contributed by atoms with Crippen molar-refractivity contribution >= 4 is 16.7 Å². The van der Waals surface area contributed by atoms with E-state index in [2.05, 4.69) is 5.16 Å². The zero-order valence-corrected chi connectivity index (χ0v) is 16.0. The molecule has 4 rings (SSSR count). The number of aromatic nitrogens is 2. The van der Waals surface area contributed by atoms with E-state index in [1.165, 1.54) is 6.07 Å². The van der Waals surface area contributed by atoms with Crippen molar-refractivity contribution in [3.05, 3.63) is 88.2 Å². The van der Waals surface area contributed by atoms with E-state index in [1.54, 1.807) is 41.3 Å². The second-order valence-corrected chi connectivity index (χ2v) is 6.90. The van der Waals surface area contributed by atoms with E-state index in [1.807, 2.05) is 37.4 Å². The Morgan fingerprint density at radius 1 is 1.24 bits per heavy atom. The Bertz CT molecular complexity index is 1370. The number of fused-ring (bicyclic) bond motifs is 1. The van der Waals surface area contributed by atoms with Crippen molar-refractivity contribution in [3.63, 3.8) is 0 Å². The van der Waals surface area contributed by atoms with E-state index in [0.29, 0.717) is 10.9 Å². The number of nitrogens with one attached hydrogen (secondary N) is 1. The van der Waals surface area contributed by atoms with Gasteiger partial charge in [0.1, 0.15) is 6.26 Å². The second kappa shape index (κ2) is 7.39. The van der Waals surface area contributed by atoms with Crippen LogP contribution in [-0.4, -0.2) is 22.6 Å². The summed E-state index contributed by atoms with van der Waals surface area (Å²) in [6.07, 6.45) is 3.30. The van der Waals surface area contributed by atoms with Crippen molar-refractivity contribution < 1.29 is 13.4 Å². The number of hydrogen-bond acceptors (Lipinski definition) is 4. The number of carbonyl (C=O) groups is 1. The smallest absolute Gasteiger partial charge is 0.258 e. The highest BCUT2D eigenvalue weighted by molar-refractivity contribution is 5.94. The van der Waals surface area contributed by atoms with Crippen LogP contribution in [0.5, 0.6) is 0 Å². The largest absolute Gasteiger partial charge is 0.364 e. The molecule has 2 aromatic heterocycles. The Hall–Kier alpha value is -3.67. The Balaban J connectivity index is 1.69. The molecule has 1 unspecified atom stereocenters. The van der Waals surface area contributed by atoms with Crippen molar-refractivity contribution in [2.24, 2.45) is 0 Å². The monoisotopic (exact) mass is 390 g/mol. The Morgan fingerprint density at radius 3 is 2.86 bits per heavy atom. The highest BCUT2D eigenvalue weighted by atomic mass is 16.5. The summed E-state index contributed by atoms with van der Waals surface area (Å²) in [5.41, 5.74) is 3.31. The van der Waals surface area contributed by atoms with Crippen LogP contribution in [0.3, 0.4) is 0 Å². The number of carbonyl (C=O) groups excluding carboxylic acids is 1. The number of rotatable bonds is 4. The summed E-state index contributed by atoms with van der Waals surface area (Å²) in [5, 5.41) is 7.24. The van der Waals surface area contributed by atoms with E-state index in [0.717, 1.165) is 22.2 Å². The van der Waals surface area contributed by atoms with Gasteiger partial charge in [0.15, 0.2) is 0 Å². The molecule has 6 nitrogen and oxygen atoms in total. The van der Waals surface area contributed by atoms with Gasteiger partial charge < -0.3 is 14.4 Å². The van der Waals surface area contributed by atoms with E-state index in [-0.39, 0.29) is 17.2 Å². The first-order valence-corrected chi connectivity index (χ1v) is 9.13. The van der Waals surface area contributed by atoms with E-state index in [9.17, 15) is 9.59 Å². The van der Waals surface area contributed by atoms with Crippen molar-refractivity contribution in [2.75, 3.05) is 6.98 Å². The van der Waals surface area contributed by atoms with Crippen LogP contribution in [0.15, 0.2) is 70.3 Å². The number of hydrogen-bond donors (Lipinski definition) is 1. The minimum Gasteiger partial charge on any atom is -0.364 e. The maximum absolute atomic E-state index is 13.2. The highest BCUT2D eigenvalue weighted by Crippen LogP contribution is 2.26. The maximum atomic E-state index is 13.2. The van der Waals surface area contributed by atoms with Gasteiger partial charge in [-0.1, -0.05) is 23.4 Å².